The topological polar surface area (TPSA) is 84.0 Å². The van der Waals surface area contributed by atoms with Crippen molar-refractivity contribution < 1.29 is 14.1 Å². The van der Waals surface area contributed by atoms with Crippen molar-refractivity contribution in [3.63, 3.8) is 0 Å². The number of carbonyl (C=O) groups is 1. The second kappa shape index (κ2) is 3.84. The van der Waals surface area contributed by atoms with Gasteiger partial charge in [0.15, 0.2) is 5.78 Å². The standard InChI is InChI=1S/C9H5FN2O3/c1-5(13)6-2-3-8(10)9(12(14)15)7(6)4-11/h2-3H,1H3. The molecule has 0 saturated heterocycles. The molecule has 1 aromatic carbocycles. The average Bonchev–Trinajstić information content (AvgIpc) is 2.15. The normalized spacial score (nSPS) is 9.40. The molecule has 0 unspecified atom stereocenters. The van der Waals surface area contributed by atoms with E-state index in [0.29, 0.717) is 0 Å². The minimum atomic E-state index is -1.12. The van der Waals surface area contributed by atoms with Crippen molar-refractivity contribution in [3.05, 3.63) is 39.2 Å². The Labute approximate surface area is 83.9 Å². The summed E-state index contributed by atoms with van der Waals surface area (Å²) in [6.45, 7) is 1.15. The van der Waals surface area contributed by atoms with Crippen molar-refractivity contribution in [2.75, 3.05) is 0 Å². The zero-order valence-corrected chi connectivity index (χ0v) is 7.65. The van der Waals surface area contributed by atoms with Gasteiger partial charge in [-0.05, 0) is 19.1 Å². The smallest absolute Gasteiger partial charge is 0.294 e. The number of rotatable bonds is 2. The minimum absolute atomic E-state index is 0.148. The molecule has 0 fully saturated rings. The molecule has 0 saturated carbocycles. The number of hydrogen-bond donors (Lipinski definition) is 0. The largest absolute Gasteiger partial charge is 0.323 e. The Balaban J connectivity index is 3.64. The summed E-state index contributed by atoms with van der Waals surface area (Å²) < 4.78 is 13.0. The lowest BCUT2D eigenvalue weighted by atomic mass is 10.0. The van der Waals surface area contributed by atoms with E-state index in [1.807, 2.05) is 0 Å². The summed E-state index contributed by atoms with van der Waals surface area (Å²) in [6, 6.07) is 3.33. The van der Waals surface area contributed by atoms with Crippen molar-refractivity contribution in [2.24, 2.45) is 0 Å². The molecular weight excluding hydrogens is 203 g/mol. The summed E-state index contributed by atoms with van der Waals surface area (Å²) in [7, 11) is 0. The Morgan fingerprint density at radius 2 is 2.20 bits per heavy atom. The number of ketones is 1. The highest BCUT2D eigenvalue weighted by Gasteiger charge is 2.24. The van der Waals surface area contributed by atoms with Crippen LogP contribution in [0.5, 0.6) is 0 Å². The molecule has 1 aromatic rings. The van der Waals surface area contributed by atoms with Gasteiger partial charge in [0.2, 0.25) is 5.82 Å². The van der Waals surface area contributed by atoms with Crippen molar-refractivity contribution >= 4 is 11.5 Å². The molecule has 0 amide bonds. The summed E-state index contributed by atoms with van der Waals surface area (Å²) in [5, 5.41) is 19.1. The second-order valence-corrected chi connectivity index (χ2v) is 2.74. The molecule has 0 aromatic heterocycles. The van der Waals surface area contributed by atoms with E-state index in [9.17, 15) is 19.3 Å². The van der Waals surface area contributed by atoms with Gasteiger partial charge < -0.3 is 0 Å². The first-order chi connectivity index (χ1) is 6.99. The highest BCUT2D eigenvalue weighted by atomic mass is 19.1. The van der Waals surface area contributed by atoms with Gasteiger partial charge in [-0.3, -0.25) is 14.9 Å². The summed E-state index contributed by atoms with van der Waals surface area (Å²) in [6.07, 6.45) is 0. The summed E-state index contributed by atoms with van der Waals surface area (Å²) in [4.78, 5) is 20.5. The molecule has 0 aliphatic heterocycles. The highest BCUT2D eigenvalue weighted by molar-refractivity contribution is 5.97. The van der Waals surface area contributed by atoms with E-state index in [1.54, 1.807) is 0 Å². The second-order valence-electron chi connectivity index (χ2n) is 2.74. The van der Waals surface area contributed by atoms with Crippen LogP contribution in [0.25, 0.3) is 0 Å². The quantitative estimate of drug-likeness (QED) is 0.421. The van der Waals surface area contributed by atoms with Crippen LogP contribution in [0.4, 0.5) is 10.1 Å². The van der Waals surface area contributed by atoms with Gasteiger partial charge >= 0.3 is 5.69 Å². The molecule has 0 N–H and O–H groups in total. The monoisotopic (exact) mass is 208 g/mol. The summed E-state index contributed by atoms with van der Waals surface area (Å²) >= 11 is 0. The highest BCUT2D eigenvalue weighted by Crippen LogP contribution is 2.25. The molecule has 0 aliphatic rings. The lowest BCUT2D eigenvalue weighted by molar-refractivity contribution is -0.387. The SMILES string of the molecule is CC(=O)c1ccc(F)c([N+](=O)[O-])c1C#N. The van der Waals surface area contributed by atoms with E-state index in [1.165, 1.54) is 6.07 Å². The molecule has 76 valence electrons. The van der Waals surface area contributed by atoms with Crippen LogP contribution in [-0.2, 0) is 0 Å². The Morgan fingerprint density at radius 3 is 2.60 bits per heavy atom. The summed E-state index contributed by atoms with van der Waals surface area (Å²) in [5.41, 5.74) is -1.64. The third-order valence-electron chi connectivity index (χ3n) is 1.80. The predicted molar refractivity (Wildman–Crippen MR) is 47.8 cm³/mol. The maximum absolute atomic E-state index is 13.0. The lowest BCUT2D eigenvalue weighted by Gasteiger charge is -2.00. The molecule has 0 heterocycles. The molecule has 5 nitrogen and oxygen atoms in total. The zero-order valence-electron chi connectivity index (χ0n) is 7.65. The lowest BCUT2D eigenvalue weighted by Crippen LogP contribution is -2.03. The van der Waals surface area contributed by atoms with Crippen LogP contribution in [0.1, 0.15) is 22.8 Å². The first-order valence-corrected chi connectivity index (χ1v) is 3.87. The minimum Gasteiger partial charge on any atom is -0.294 e. The predicted octanol–water partition coefficient (Wildman–Crippen LogP) is 1.81. The number of nitriles is 1. The molecule has 6 heteroatoms. The van der Waals surface area contributed by atoms with E-state index >= 15 is 0 Å². The molecule has 0 aliphatic carbocycles. The van der Waals surface area contributed by atoms with Crippen molar-refractivity contribution in [3.8, 4) is 6.07 Å². The van der Waals surface area contributed by atoms with Crippen LogP contribution >= 0.6 is 0 Å². The Hall–Kier alpha value is -2.29. The van der Waals surface area contributed by atoms with Crippen molar-refractivity contribution in [1.82, 2.24) is 0 Å². The third-order valence-corrected chi connectivity index (χ3v) is 1.80. The van der Waals surface area contributed by atoms with E-state index < -0.39 is 27.8 Å². The van der Waals surface area contributed by atoms with Gasteiger partial charge in [-0.15, -0.1) is 0 Å². The number of nitrogens with zero attached hydrogens (tertiary/aromatic N) is 2. The average molecular weight is 208 g/mol. The maximum atomic E-state index is 13.0. The van der Waals surface area contributed by atoms with Crippen LogP contribution in [0, 0.1) is 27.3 Å². The molecule has 0 atom stereocenters. The van der Waals surface area contributed by atoms with E-state index in [4.69, 9.17) is 5.26 Å². The molecule has 1 rings (SSSR count). The Kier molecular flexibility index (Phi) is 2.76. The van der Waals surface area contributed by atoms with Gasteiger partial charge in [-0.1, -0.05) is 0 Å². The van der Waals surface area contributed by atoms with E-state index in [-0.39, 0.29) is 5.56 Å². The van der Waals surface area contributed by atoms with Gasteiger partial charge in [0.1, 0.15) is 11.6 Å². The molecular formula is C9H5FN2O3. The maximum Gasteiger partial charge on any atom is 0.323 e. The Bertz CT molecular complexity index is 491. The van der Waals surface area contributed by atoms with Gasteiger partial charge in [0, 0.05) is 5.56 Å². The number of carbonyl (C=O) groups excluding carboxylic acids is 1. The fourth-order valence-corrected chi connectivity index (χ4v) is 1.15. The fourth-order valence-electron chi connectivity index (χ4n) is 1.15. The zero-order chi connectivity index (χ0) is 11.6. The first kappa shape index (κ1) is 10.8. The number of nitro benzene ring substituents is 1. The number of nitro groups is 1. The van der Waals surface area contributed by atoms with E-state index in [2.05, 4.69) is 0 Å². The van der Waals surface area contributed by atoms with Crippen molar-refractivity contribution in [1.29, 1.82) is 5.26 Å². The third kappa shape index (κ3) is 1.81. The number of benzene rings is 1. The van der Waals surface area contributed by atoms with Gasteiger partial charge in [-0.25, -0.2) is 0 Å². The molecule has 0 spiro atoms. The molecule has 0 bridgehead atoms. The van der Waals surface area contributed by atoms with Gasteiger partial charge in [0.05, 0.1) is 4.92 Å². The molecule has 0 radical (unpaired) electrons. The van der Waals surface area contributed by atoms with Crippen LogP contribution in [0.2, 0.25) is 0 Å². The number of hydrogen-bond acceptors (Lipinski definition) is 4. The first-order valence-electron chi connectivity index (χ1n) is 3.87. The number of halogens is 1. The number of Topliss-reactive ketones (excluding diaryl/α,β-unsaturated/α-hetero) is 1. The van der Waals surface area contributed by atoms with Crippen LogP contribution in [-0.4, -0.2) is 10.7 Å². The van der Waals surface area contributed by atoms with Crippen LogP contribution < -0.4 is 0 Å². The fraction of sp³-hybridized carbons (Fsp3) is 0.111. The van der Waals surface area contributed by atoms with Crippen molar-refractivity contribution in [2.45, 2.75) is 6.92 Å². The van der Waals surface area contributed by atoms with Crippen LogP contribution in [0.15, 0.2) is 12.1 Å². The molecule has 15 heavy (non-hydrogen) atoms. The van der Waals surface area contributed by atoms with Gasteiger partial charge in [0.25, 0.3) is 0 Å². The Morgan fingerprint density at radius 1 is 1.60 bits per heavy atom. The van der Waals surface area contributed by atoms with E-state index in [0.717, 1.165) is 19.1 Å². The summed E-state index contributed by atoms with van der Waals surface area (Å²) in [5.74, 6) is -1.64. The van der Waals surface area contributed by atoms with Crippen LogP contribution in [0.3, 0.4) is 0 Å². The van der Waals surface area contributed by atoms with Gasteiger partial charge in [-0.2, -0.15) is 9.65 Å².